The molecule has 0 heterocycles. The van der Waals surface area contributed by atoms with E-state index in [4.69, 9.17) is 22.8 Å². The summed E-state index contributed by atoms with van der Waals surface area (Å²) in [6, 6.07) is 2.02. The van der Waals surface area contributed by atoms with Gasteiger partial charge in [0, 0.05) is 17.0 Å². The summed E-state index contributed by atoms with van der Waals surface area (Å²) in [5, 5.41) is 0.817. The molecule has 1 atom stereocenters. The maximum atomic E-state index is 6.33. The van der Waals surface area contributed by atoms with Gasteiger partial charge in [-0.2, -0.15) is 0 Å². The Morgan fingerprint density at radius 3 is 2.67 bits per heavy atom. The molecule has 0 radical (unpaired) electrons. The standard InChI is InChI=1S/C16H21ClO/c1-6-8-11(3)15-13(5)16(17)12(4)10-14(15)18-9-7-2/h1,10-11H,7-9H2,2-5H3. The predicted octanol–water partition coefficient (Wildman–Crippen LogP) is 4.87. The lowest BCUT2D eigenvalue weighted by Crippen LogP contribution is -2.05. The SMILES string of the molecule is C#CCC(C)c1c(OCCC)cc(C)c(Cl)c1C. The normalized spacial score (nSPS) is 12.0. The van der Waals surface area contributed by atoms with E-state index in [9.17, 15) is 0 Å². The molecule has 0 amide bonds. The minimum atomic E-state index is 0.264. The Kier molecular flexibility index (Phi) is 5.56. The van der Waals surface area contributed by atoms with E-state index < -0.39 is 0 Å². The number of rotatable bonds is 5. The third-order valence-corrected chi connectivity index (χ3v) is 3.65. The molecule has 1 unspecified atom stereocenters. The monoisotopic (exact) mass is 264 g/mol. The molecular formula is C16H21ClO. The van der Waals surface area contributed by atoms with Crippen LogP contribution in [-0.2, 0) is 0 Å². The highest BCUT2D eigenvalue weighted by molar-refractivity contribution is 6.32. The number of aryl methyl sites for hydroxylation is 1. The zero-order chi connectivity index (χ0) is 13.7. The molecule has 0 spiro atoms. The Morgan fingerprint density at radius 1 is 1.44 bits per heavy atom. The fourth-order valence-corrected chi connectivity index (χ4v) is 2.32. The first-order valence-electron chi connectivity index (χ1n) is 6.38. The Morgan fingerprint density at radius 2 is 2.11 bits per heavy atom. The largest absolute Gasteiger partial charge is 0.493 e. The average Bonchev–Trinajstić information content (AvgIpc) is 2.33. The lowest BCUT2D eigenvalue weighted by Gasteiger charge is -2.20. The van der Waals surface area contributed by atoms with Crippen molar-refractivity contribution >= 4 is 11.6 Å². The van der Waals surface area contributed by atoms with Gasteiger partial charge in [0.25, 0.3) is 0 Å². The lowest BCUT2D eigenvalue weighted by molar-refractivity contribution is 0.312. The summed E-state index contributed by atoms with van der Waals surface area (Å²) in [5.41, 5.74) is 3.29. The molecule has 2 heteroatoms. The molecule has 18 heavy (non-hydrogen) atoms. The number of halogens is 1. The summed E-state index contributed by atoms with van der Waals surface area (Å²) >= 11 is 6.33. The van der Waals surface area contributed by atoms with Gasteiger partial charge < -0.3 is 4.74 Å². The van der Waals surface area contributed by atoms with Crippen LogP contribution < -0.4 is 4.74 Å². The number of ether oxygens (including phenoxy) is 1. The second-order valence-electron chi connectivity index (χ2n) is 4.70. The summed E-state index contributed by atoms with van der Waals surface area (Å²) in [4.78, 5) is 0. The van der Waals surface area contributed by atoms with Crippen LogP contribution in [-0.4, -0.2) is 6.61 Å². The van der Waals surface area contributed by atoms with Crippen LogP contribution in [0.4, 0.5) is 0 Å². The van der Waals surface area contributed by atoms with Crippen molar-refractivity contribution in [3.05, 3.63) is 27.8 Å². The topological polar surface area (TPSA) is 9.23 Å². The van der Waals surface area contributed by atoms with Gasteiger partial charge in [-0.05, 0) is 43.4 Å². The molecule has 0 aromatic heterocycles. The highest BCUT2D eigenvalue weighted by atomic mass is 35.5. The Labute approximate surface area is 115 Å². The van der Waals surface area contributed by atoms with Crippen LogP contribution in [0.2, 0.25) is 5.02 Å². The van der Waals surface area contributed by atoms with E-state index >= 15 is 0 Å². The van der Waals surface area contributed by atoms with Crippen molar-refractivity contribution in [2.75, 3.05) is 6.61 Å². The smallest absolute Gasteiger partial charge is 0.123 e. The lowest BCUT2D eigenvalue weighted by atomic mass is 9.91. The molecule has 0 aliphatic rings. The maximum absolute atomic E-state index is 6.33. The van der Waals surface area contributed by atoms with Crippen molar-refractivity contribution < 1.29 is 4.74 Å². The van der Waals surface area contributed by atoms with Gasteiger partial charge in [0.1, 0.15) is 5.75 Å². The summed E-state index contributed by atoms with van der Waals surface area (Å²) in [6.45, 7) is 8.98. The van der Waals surface area contributed by atoms with Crippen molar-refractivity contribution in [3.8, 4) is 18.1 Å². The van der Waals surface area contributed by atoms with Gasteiger partial charge in [0.15, 0.2) is 0 Å². The van der Waals surface area contributed by atoms with Gasteiger partial charge in [-0.1, -0.05) is 25.4 Å². The van der Waals surface area contributed by atoms with E-state index in [1.54, 1.807) is 0 Å². The molecule has 0 aliphatic carbocycles. The molecule has 1 nitrogen and oxygen atoms in total. The van der Waals surface area contributed by atoms with Gasteiger partial charge in [-0.25, -0.2) is 0 Å². The van der Waals surface area contributed by atoms with Crippen molar-refractivity contribution in [2.45, 2.75) is 46.5 Å². The van der Waals surface area contributed by atoms with Gasteiger partial charge >= 0.3 is 0 Å². The van der Waals surface area contributed by atoms with E-state index in [0.717, 1.165) is 40.5 Å². The average molecular weight is 265 g/mol. The van der Waals surface area contributed by atoms with E-state index in [2.05, 4.69) is 19.8 Å². The maximum Gasteiger partial charge on any atom is 0.123 e. The van der Waals surface area contributed by atoms with Crippen LogP contribution in [0, 0.1) is 26.2 Å². The Balaban J connectivity index is 3.26. The van der Waals surface area contributed by atoms with Crippen molar-refractivity contribution in [2.24, 2.45) is 0 Å². The molecule has 1 aromatic rings. The van der Waals surface area contributed by atoms with Gasteiger partial charge in [0.05, 0.1) is 6.61 Å². The van der Waals surface area contributed by atoms with Crippen LogP contribution in [0.15, 0.2) is 6.07 Å². The summed E-state index contributed by atoms with van der Waals surface area (Å²) in [6.07, 6.45) is 7.10. The number of hydrogen-bond donors (Lipinski definition) is 0. The predicted molar refractivity (Wildman–Crippen MR) is 78.6 cm³/mol. The molecule has 0 saturated heterocycles. The summed E-state index contributed by atoms with van der Waals surface area (Å²) in [7, 11) is 0. The van der Waals surface area contributed by atoms with Crippen molar-refractivity contribution in [1.29, 1.82) is 0 Å². The molecule has 0 aliphatic heterocycles. The quantitative estimate of drug-likeness (QED) is 0.689. The number of hydrogen-bond acceptors (Lipinski definition) is 1. The second kappa shape index (κ2) is 6.71. The molecular weight excluding hydrogens is 244 g/mol. The molecule has 1 aromatic carbocycles. The highest BCUT2D eigenvalue weighted by Crippen LogP contribution is 2.37. The fourth-order valence-electron chi connectivity index (χ4n) is 2.16. The van der Waals surface area contributed by atoms with Crippen LogP contribution in [0.5, 0.6) is 5.75 Å². The third kappa shape index (κ3) is 3.21. The summed E-state index contributed by atoms with van der Waals surface area (Å²) < 4.78 is 5.84. The molecule has 1 rings (SSSR count). The summed E-state index contributed by atoms with van der Waals surface area (Å²) in [5.74, 6) is 3.91. The van der Waals surface area contributed by atoms with E-state index in [0.29, 0.717) is 6.42 Å². The van der Waals surface area contributed by atoms with E-state index in [-0.39, 0.29) is 5.92 Å². The first-order chi connectivity index (χ1) is 8.52. The van der Waals surface area contributed by atoms with Crippen LogP contribution in [0.25, 0.3) is 0 Å². The minimum absolute atomic E-state index is 0.264. The fraction of sp³-hybridized carbons (Fsp3) is 0.500. The number of terminal acetylenes is 1. The second-order valence-corrected chi connectivity index (χ2v) is 5.08. The third-order valence-electron chi connectivity index (χ3n) is 3.07. The molecule has 98 valence electrons. The first kappa shape index (κ1) is 14.9. The van der Waals surface area contributed by atoms with E-state index in [1.807, 2.05) is 19.9 Å². The van der Waals surface area contributed by atoms with Crippen LogP contribution >= 0.6 is 11.6 Å². The molecule has 0 fully saturated rings. The van der Waals surface area contributed by atoms with E-state index in [1.165, 1.54) is 0 Å². The zero-order valence-corrected chi connectivity index (χ0v) is 12.4. The molecule has 0 N–H and O–H groups in total. The minimum Gasteiger partial charge on any atom is -0.493 e. The van der Waals surface area contributed by atoms with Crippen molar-refractivity contribution in [1.82, 2.24) is 0 Å². The zero-order valence-electron chi connectivity index (χ0n) is 11.6. The van der Waals surface area contributed by atoms with Crippen molar-refractivity contribution in [3.63, 3.8) is 0 Å². The van der Waals surface area contributed by atoms with Gasteiger partial charge in [0.2, 0.25) is 0 Å². The first-order valence-corrected chi connectivity index (χ1v) is 6.76. The highest BCUT2D eigenvalue weighted by Gasteiger charge is 2.18. The van der Waals surface area contributed by atoms with Gasteiger partial charge in [-0.15, -0.1) is 12.3 Å². The molecule has 0 bridgehead atoms. The van der Waals surface area contributed by atoms with Crippen LogP contribution in [0.3, 0.4) is 0 Å². The number of benzene rings is 1. The van der Waals surface area contributed by atoms with Crippen LogP contribution in [0.1, 0.15) is 49.3 Å². The van der Waals surface area contributed by atoms with Gasteiger partial charge in [-0.3, -0.25) is 0 Å². The Bertz CT molecular complexity index is 457. The Hall–Kier alpha value is -1.13. The molecule has 0 saturated carbocycles.